The van der Waals surface area contributed by atoms with Crippen LogP contribution in [0, 0.1) is 23.6 Å². The first-order valence-corrected chi connectivity index (χ1v) is 10.2. The van der Waals surface area contributed by atoms with E-state index < -0.39 is 0 Å². The van der Waals surface area contributed by atoms with Crippen molar-refractivity contribution in [1.82, 2.24) is 10.2 Å². The molecule has 0 N–H and O–H groups in total. The molecule has 4 nitrogen and oxygen atoms in total. The van der Waals surface area contributed by atoms with Crippen LogP contribution < -0.4 is 4.90 Å². The molecule has 4 fully saturated rings. The van der Waals surface area contributed by atoms with Crippen molar-refractivity contribution in [3.63, 3.8) is 0 Å². The number of hydrogen-bond donors (Lipinski definition) is 0. The Morgan fingerprint density at radius 1 is 1.08 bits per heavy atom. The van der Waals surface area contributed by atoms with Gasteiger partial charge in [-0.25, -0.2) is 4.39 Å². The van der Waals surface area contributed by atoms with Gasteiger partial charge >= 0.3 is 0 Å². The number of amides is 1. The number of hydrogen-bond acceptors (Lipinski definition) is 4. The van der Waals surface area contributed by atoms with E-state index in [0.717, 1.165) is 22.8 Å². The van der Waals surface area contributed by atoms with Crippen LogP contribution in [-0.4, -0.2) is 23.2 Å². The number of anilines is 1. The van der Waals surface area contributed by atoms with Gasteiger partial charge in [-0.1, -0.05) is 11.3 Å². The molecule has 4 bridgehead atoms. The number of carbonyl (C=O) groups excluding carboxylic acids is 1. The van der Waals surface area contributed by atoms with Crippen LogP contribution in [0.15, 0.2) is 24.3 Å². The molecule has 0 spiro atoms. The van der Waals surface area contributed by atoms with Crippen molar-refractivity contribution in [2.45, 2.75) is 43.9 Å². The smallest absolute Gasteiger partial charge is 0.259 e. The Bertz CT molecular complexity index is 812. The molecule has 1 aromatic carbocycles. The number of benzene rings is 1. The van der Waals surface area contributed by atoms with Gasteiger partial charge in [0, 0.05) is 18.0 Å². The van der Waals surface area contributed by atoms with Crippen LogP contribution in [0.3, 0.4) is 0 Å². The third kappa shape index (κ3) is 2.57. The summed E-state index contributed by atoms with van der Waals surface area (Å²) in [6.07, 6.45) is 7.91. The van der Waals surface area contributed by atoms with Gasteiger partial charge in [0.15, 0.2) is 0 Å². The van der Waals surface area contributed by atoms with Crippen LogP contribution in [0.5, 0.6) is 0 Å². The minimum Gasteiger partial charge on any atom is -0.286 e. The Balaban J connectivity index is 1.40. The maximum absolute atomic E-state index is 13.1. The first kappa shape index (κ1) is 16.4. The highest BCUT2D eigenvalue weighted by molar-refractivity contribution is 7.15. The van der Waals surface area contributed by atoms with Crippen LogP contribution in [0.4, 0.5) is 9.52 Å². The molecule has 0 saturated heterocycles. The lowest BCUT2D eigenvalue weighted by atomic mass is 9.50. The van der Waals surface area contributed by atoms with E-state index in [-0.39, 0.29) is 17.1 Å². The number of aromatic nitrogens is 2. The largest absolute Gasteiger partial charge is 0.286 e. The number of halogens is 1. The van der Waals surface area contributed by atoms with Gasteiger partial charge in [-0.15, -0.1) is 10.2 Å². The monoisotopic (exact) mass is 371 g/mol. The summed E-state index contributed by atoms with van der Waals surface area (Å²) < 4.78 is 13.1. The molecule has 4 aliphatic carbocycles. The van der Waals surface area contributed by atoms with E-state index >= 15 is 0 Å². The molecule has 4 saturated carbocycles. The second-order valence-corrected chi connectivity index (χ2v) is 9.41. The van der Waals surface area contributed by atoms with Crippen molar-refractivity contribution in [3.05, 3.63) is 40.7 Å². The summed E-state index contributed by atoms with van der Waals surface area (Å²) in [5.74, 6) is 2.04. The van der Waals surface area contributed by atoms with E-state index in [1.54, 1.807) is 18.4 Å². The van der Waals surface area contributed by atoms with Gasteiger partial charge in [-0.2, -0.15) is 0 Å². The minimum atomic E-state index is -0.343. The topological polar surface area (TPSA) is 46.1 Å². The van der Waals surface area contributed by atoms with E-state index in [9.17, 15) is 9.18 Å². The molecule has 0 aliphatic heterocycles. The highest BCUT2D eigenvalue weighted by Crippen LogP contribution is 2.61. The summed E-state index contributed by atoms with van der Waals surface area (Å²) >= 11 is 1.56. The average Bonchev–Trinajstić information content (AvgIpc) is 3.11. The van der Waals surface area contributed by atoms with Crippen molar-refractivity contribution in [1.29, 1.82) is 0 Å². The fraction of sp³-hybridized carbons (Fsp3) is 0.550. The highest BCUT2D eigenvalue weighted by Gasteiger charge is 2.53. The van der Waals surface area contributed by atoms with Gasteiger partial charge in [0.25, 0.3) is 5.91 Å². The SMILES string of the molecule is CN(C(=O)c1ccc(F)cc1)c1nnc(C23CC4CC(CC(C4)C2)C3)s1. The van der Waals surface area contributed by atoms with Crippen LogP contribution in [0.2, 0.25) is 0 Å². The lowest BCUT2D eigenvalue weighted by Gasteiger charge is -2.55. The average molecular weight is 371 g/mol. The summed E-state index contributed by atoms with van der Waals surface area (Å²) in [6.45, 7) is 0. The summed E-state index contributed by atoms with van der Waals surface area (Å²) in [5.41, 5.74) is 0.658. The van der Waals surface area contributed by atoms with E-state index in [1.807, 2.05) is 0 Å². The molecular formula is C20H22FN3OS. The van der Waals surface area contributed by atoms with Gasteiger partial charge in [-0.05, 0) is 80.5 Å². The third-order valence-corrected chi connectivity index (χ3v) is 7.84. The Labute approximate surface area is 156 Å². The van der Waals surface area contributed by atoms with Crippen LogP contribution in [-0.2, 0) is 5.41 Å². The standard InChI is InChI=1S/C20H22FN3OS/c1-24(17(25)15-2-4-16(21)5-3-15)19-23-22-18(26-19)20-9-12-6-13(10-20)8-14(7-12)11-20/h2-5,12-14H,6-11H2,1H3. The summed E-state index contributed by atoms with van der Waals surface area (Å²) in [4.78, 5) is 14.2. The van der Waals surface area contributed by atoms with Crippen LogP contribution >= 0.6 is 11.3 Å². The lowest BCUT2D eigenvalue weighted by molar-refractivity contribution is -0.00555. The molecule has 136 valence electrons. The Hall–Kier alpha value is -1.82. The predicted molar refractivity (Wildman–Crippen MR) is 98.9 cm³/mol. The molecule has 26 heavy (non-hydrogen) atoms. The summed E-state index contributed by atoms with van der Waals surface area (Å²) in [5, 5.41) is 10.6. The third-order valence-electron chi connectivity index (χ3n) is 6.59. The quantitative estimate of drug-likeness (QED) is 0.802. The second kappa shape index (κ2) is 5.84. The molecular weight excluding hydrogens is 349 g/mol. The fourth-order valence-electron chi connectivity index (χ4n) is 5.81. The van der Waals surface area contributed by atoms with Crippen LogP contribution in [0.25, 0.3) is 0 Å². The van der Waals surface area contributed by atoms with Gasteiger partial charge < -0.3 is 0 Å². The summed E-state index contributed by atoms with van der Waals surface area (Å²) in [7, 11) is 1.72. The molecule has 6 rings (SSSR count). The van der Waals surface area contributed by atoms with Crippen molar-refractivity contribution < 1.29 is 9.18 Å². The normalized spacial score (nSPS) is 32.0. The Morgan fingerprint density at radius 3 is 2.23 bits per heavy atom. The molecule has 0 radical (unpaired) electrons. The molecule has 2 aromatic rings. The predicted octanol–water partition coefficient (Wildman–Crippen LogP) is 4.42. The van der Waals surface area contributed by atoms with Crippen molar-refractivity contribution >= 4 is 22.4 Å². The first-order chi connectivity index (χ1) is 12.5. The maximum atomic E-state index is 13.1. The first-order valence-electron chi connectivity index (χ1n) is 9.40. The number of carbonyl (C=O) groups is 1. The molecule has 1 aromatic heterocycles. The van der Waals surface area contributed by atoms with E-state index in [2.05, 4.69) is 10.2 Å². The highest BCUT2D eigenvalue weighted by atomic mass is 32.1. The van der Waals surface area contributed by atoms with Gasteiger partial charge in [-0.3, -0.25) is 9.69 Å². The van der Waals surface area contributed by atoms with E-state index in [0.29, 0.717) is 10.7 Å². The molecule has 6 heteroatoms. The fourth-order valence-corrected chi connectivity index (χ4v) is 6.83. The molecule has 0 unspecified atom stereocenters. The van der Waals surface area contributed by atoms with Gasteiger partial charge in [0.2, 0.25) is 5.13 Å². The van der Waals surface area contributed by atoms with Crippen molar-refractivity contribution in [2.75, 3.05) is 11.9 Å². The molecule has 1 heterocycles. The van der Waals surface area contributed by atoms with E-state index in [4.69, 9.17) is 0 Å². The number of nitrogens with zero attached hydrogens (tertiary/aromatic N) is 3. The molecule has 0 atom stereocenters. The van der Waals surface area contributed by atoms with Gasteiger partial charge in [0.05, 0.1) is 0 Å². The molecule has 4 aliphatic rings. The van der Waals surface area contributed by atoms with Crippen LogP contribution in [0.1, 0.15) is 53.9 Å². The van der Waals surface area contributed by atoms with E-state index in [1.165, 1.54) is 67.7 Å². The zero-order chi connectivity index (χ0) is 17.9. The zero-order valence-electron chi connectivity index (χ0n) is 14.8. The molecule has 1 amide bonds. The maximum Gasteiger partial charge on any atom is 0.259 e. The summed E-state index contributed by atoms with van der Waals surface area (Å²) in [6, 6.07) is 5.63. The van der Waals surface area contributed by atoms with Crippen molar-refractivity contribution in [3.8, 4) is 0 Å². The Kier molecular flexibility index (Phi) is 3.68. The zero-order valence-corrected chi connectivity index (χ0v) is 15.6. The Morgan fingerprint density at radius 2 is 1.65 bits per heavy atom. The number of rotatable bonds is 3. The second-order valence-electron chi connectivity index (χ2n) is 8.46. The minimum absolute atomic E-state index is 0.182. The lowest BCUT2D eigenvalue weighted by Crippen LogP contribution is -2.48. The van der Waals surface area contributed by atoms with Crippen molar-refractivity contribution in [2.24, 2.45) is 17.8 Å². The van der Waals surface area contributed by atoms with Gasteiger partial charge in [0.1, 0.15) is 10.8 Å².